The van der Waals surface area contributed by atoms with E-state index in [4.69, 9.17) is 4.99 Å². The molecule has 108 valence electrons. The molecule has 2 aliphatic heterocycles. The summed E-state index contributed by atoms with van der Waals surface area (Å²) in [6.45, 7) is 0. The number of halogens is 2. The number of allylic oxidation sites excluding steroid dienone is 2. The second-order valence-corrected chi connectivity index (χ2v) is 7.99. The first-order valence-corrected chi connectivity index (χ1v) is 9.18. The third kappa shape index (κ3) is 2.20. The zero-order chi connectivity index (χ0) is 14.6. The predicted octanol–water partition coefficient (Wildman–Crippen LogP) is 4.09. The number of hydrogen-bond donors (Lipinski definition) is 0. The molecule has 0 saturated carbocycles. The number of nitrogens with zero attached hydrogens (tertiary/aromatic N) is 1. The molecule has 1 saturated heterocycles. The quantitative estimate of drug-likeness (QED) is 0.650. The molecule has 1 fully saturated rings. The Labute approximate surface area is 140 Å². The molecular formula is C16H13FINOS. The molecule has 0 bridgehead atoms. The zero-order valence-corrected chi connectivity index (χ0v) is 14.2. The number of Topliss-reactive ketones (excluding diaryl/α,β-unsaturated/α-hetero) is 1. The van der Waals surface area contributed by atoms with E-state index in [0.717, 1.165) is 35.4 Å². The highest BCUT2D eigenvalue weighted by molar-refractivity contribution is 14.1. The SMILES string of the molecule is O=C1CCC2=C1C(c1ccc(F)c(I)c1)C1SCCC1=N2. The minimum atomic E-state index is -0.199. The lowest BCUT2D eigenvalue weighted by Gasteiger charge is -2.29. The van der Waals surface area contributed by atoms with Crippen molar-refractivity contribution >= 4 is 45.8 Å². The van der Waals surface area contributed by atoms with E-state index in [9.17, 15) is 9.18 Å². The topological polar surface area (TPSA) is 29.4 Å². The largest absolute Gasteiger partial charge is 0.294 e. The van der Waals surface area contributed by atoms with Crippen LogP contribution in [0.4, 0.5) is 4.39 Å². The highest BCUT2D eigenvalue weighted by Gasteiger charge is 2.43. The normalized spacial score (nSPS) is 27.7. The van der Waals surface area contributed by atoms with Gasteiger partial charge in [-0.05, 0) is 58.9 Å². The Morgan fingerprint density at radius 2 is 2.14 bits per heavy atom. The first-order chi connectivity index (χ1) is 10.1. The lowest BCUT2D eigenvalue weighted by Crippen LogP contribution is -2.28. The molecule has 1 aromatic carbocycles. The molecular weight excluding hydrogens is 400 g/mol. The fourth-order valence-electron chi connectivity index (χ4n) is 3.44. The number of hydrogen-bond acceptors (Lipinski definition) is 3. The monoisotopic (exact) mass is 413 g/mol. The molecule has 1 aliphatic carbocycles. The predicted molar refractivity (Wildman–Crippen MR) is 91.4 cm³/mol. The summed E-state index contributed by atoms with van der Waals surface area (Å²) < 4.78 is 14.2. The molecule has 2 unspecified atom stereocenters. The van der Waals surface area contributed by atoms with Gasteiger partial charge >= 0.3 is 0 Å². The molecule has 2 heterocycles. The fraction of sp³-hybridized carbons (Fsp3) is 0.375. The Hall–Kier alpha value is -0.690. The smallest absolute Gasteiger partial charge is 0.161 e. The number of thioether (sulfide) groups is 1. The van der Waals surface area contributed by atoms with Gasteiger partial charge in [0.05, 0.1) is 5.25 Å². The maximum Gasteiger partial charge on any atom is 0.161 e. The van der Waals surface area contributed by atoms with Crippen molar-refractivity contribution in [2.24, 2.45) is 4.99 Å². The molecule has 0 radical (unpaired) electrons. The van der Waals surface area contributed by atoms with Gasteiger partial charge in [-0.15, -0.1) is 0 Å². The van der Waals surface area contributed by atoms with Crippen LogP contribution in [0.2, 0.25) is 0 Å². The zero-order valence-electron chi connectivity index (χ0n) is 11.2. The van der Waals surface area contributed by atoms with Crippen molar-refractivity contribution in [1.29, 1.82) is 0 Å². The van der Waals surface area contributed by atoms with Crippen LogP contribution < -0.4 is 0 Å². The van der Waals surface area contributed by atoms with E-state index in [2.05, 4.69) is 0 Å². The molecule has 2 atom stereocenters. The molecule has 0 spiro atoms. The lowest BCUT2D eigenvalue weighted by atomic mass is 9.82. The lowest BCUT2D eigenvalue weighted by molar-refractivity contribution is -0.115. The van der Waals surface area contributed by atoms with E-state index in [0.29, 0.717) is 9.99 Å². The Bertz CT molecular complexity index is 712. The summed E-state index contributed by atoms with van der Waals surface area (Å²) in [6.07, 6.45) is 2.35. The summed E-state index contributed by atoms with van der Waals surface area (Å²) >= 11 is 3.90. The number of carbonyl (C=O) groups is 1. The van der Waals surface area contributed by atoms with E-state index in [1.807, 2.05) is 46.5 Å². The van der Waals surface area contributed by atoms with Crippen molar-refractivity contribution in [3.63, 3.8) is 0 Å². The van der Waals surface area contributed by atoms with Crippen molar-refractivity contribution in [2.75, 3.05) is 5.75 Å². The Kier molecular flexibility index (Phi) is 3.45. The molecule has 2 nitrogen and oxygen atoms in total. The average molecular weight is 413 g/mol. The molecule has 1 aromatic rings. The molecule has 21 heavy (non-hydrogen) atoms. The first kappa shape index (κ1) is 13.9. The fourth-order valence-corrected chi connectivity index (χ4v) is 5.41. The van der Waals surface area contributed by atoms with E-state index in [1.165, 1.54) is 11.8 Å². The van der Waals surface area contributed by atoms with Crippen LogP contribution in [0.1, 0.15) is 30.7 Å². The molecule has 4 rings (SSSR count). The average Bonchev–Trinajstić information content (AvgIpc) is 3.07. The summed E-state index contributed by atoms with van der Waals surface area (Å²) in [5, 5.41) is 0.257. The van der Waals surface area contributed by atoms with Gasteiger partial charge in [-0.1, -0.05) is 6.07 Å². The number of benzene rings is 1. The summed E-state index contributed by atoms with van der Waals surface area (Å²) in [5.74, 6) is 1.15. The van der Waals surface area contributed by atoms with Gasteiger partial charge in [0, 0.05) is 32.9 Å². The summed E-state index contributed by atoms with van der Waals surface area (Å²) in [7, 11) is 0. The molecule has 5 heteroatoms. The van der Waals surface area contributed by atoms with Gasteiger partial charge in [0.2, 0.25) is 0 Å². The summed E-state index contributed by atoms with van der Waals surface area (Å²) in [4.78, 5) is 17.1. The number of carbonyl (C=O) groups excluding carboxylic acids is 1. The van der Waals surface area contributed by atoms with Crippen LogP contribution in [0.3, 0.4) is 0 Å². The number of aliphatic imine (C=N–C) groups is 1. The second-order valence-electron chi connectivity index (χ2n) is 5.58. The van der Waals surface area contributed by atoms with E-state index < -0.39 is 0 Å². The van der Waals surface area contributed by atoms with Crippen LogP contribution in [-0.4, -0.2) is 22.5 Å². The second kappa shape index (κ2) is 5.19. The maximum absolute atomic E-state index is 13.6. The highest BCUT2D eigenvalue weighted by Crippen LogP contribution is 2.48. The third-order valence-electron chi connectivity index (χ3n) is 4.38. The van der Waals surface area contributed by atoms with Crippen molar-refractivity contribution in [3.8, 4) is 0 Å². The molecule has 0 aromatic heterocycles. The van der Waals surface area contributed by atoms with Gasteiger partial charge in [0.15, 0.2) is 5.78 Å². The van der Waals surface area contributed by atoms with Crippen molar-refractivity contribution in [3.05, 3.63) is 44.4 Å². The molecule has 0 amide bonds. The van der Waals surface area contributed by atoms with Gasteiger partial charge in [0.1, 0.15) is 5.82 Å². The van der Waals surface area contributed by atoms with Crippen LogP contribution in [0.15, 0.2) is 34.5 Å². The Morgan fingerprint density at radius 1 is 1.29 bits per heavy atom. The van der Waals surface area contributed by atoms with Gasteiger partial charge < -0.3 is 0 Å². The van der Waals surface area contributed by atoms with Gasteiger partial charge in [-0.3, -0.25) is 9.79 Å². The summed E-state index contributed by atoms with van der Waals surface area (Å²) in [5.41, 5.74) is 4.15. The van der Waals surface area contributed by atoms with Crippen LogP contribution in [0, 0.1) is 9.39 Å². The van der Waals surface area contributed by atoms with Crippen molar-refractivity contribution < 1.29 is 9.18 Å². The van der Waals surface area contributed by atoms with E-state index >= 15 is 0 Å². The van der Waals surface area contributed by atoms with E-state index in [-0.39, 0.29) is 22.8 Å². The van der Waals surface area contributed by atoms with E-state index in [1.54, 1.807) is 0 Å². The number of ketones is 1. The minimum Gasteiger partial charge on any atom is -0.294 e. The summed E-state index contributed by atoms with van der Waals surface area (Å²) in [6, 6.07) is 5.24. The van der Waals surface area contributed by atoms with Gasteiger partial charge in [0.25, 0.3) is 0 Å². The van der Waals surface area contributed by atoms with Crippen molar-refractivity contribution in [2.45, 2.75) is 30.4 Å². The van der Waals surface area contributed by atoms with Crippen LogP contribution in [-0.2, 0) is 4.79 Å². The minimum absolute atomic E-state index is 0.0594. The Morgan fingerprint density at radius 3 is 2.95 bits per heavy atom. The molecule has 3 aliphatic rings. The highest BCUT2D eigenvalue weighted by atomic mass is 127. The van der Waals surface area contributed by atoms with Crippen molar-refractivity contribution in [1.82, 2.24) is 0 Å². The first-order valence-electron chi connectivity index (χ1n) is 7.05. The standard InChI is InChI=1S/C16H13FINOS/c17-9-2-1-8(7-10(9)18)14-15-11(3-4-13(15)20)19-12-5-6-21-16(12)14/h1-2,7,14,16H,3-6H2. The Balaban J connectivity index is 1.86. The van der Waals surface area contributed by atoms with Gasteiger partial charge in [-0.2, -0.15) is 11.8 Å². The van der Waals surface area contributed by atoms with Gasteiger partial charge in [-0.25, -0.2) is 4.39 Å². The van der Waals surface area contributed by atoms with Crippen LogP contribution in [0.25, 0.3) is 0 Å². The maximum atomic E-state index is 13.6. The molecule has 0 N–H and O–H groups in total. The van der Waals surface area contributed by atoms with Crippen LogP contribution >= 0.6 is 34.4 Å². The number of rotatable bonds is 1. The van der Waals surface area contributed by atoms with Crippen LogP contribution in [0.5, 0.6) is 0 Å². The number of fused-ring (bicyclic) bond motifs is 1. The third-order valence-corrected chi connectivity index (χ3v) is 6.55.